The predicted octanol–water partition coefficient (Wildman–Crippen LogP) is 2.54. The Labute approximate surface area is 100 Å². The van der Waals surface area contributed by atoms with Gasteiger partial charge in [0.25, 0.3) is 0 Å². The van der Waals surface area contributed by atoms with Crippen molar-refractivity contribution in [2.75, 3.05) is 11.4 Å². The van der Waals surface area contributed by atoms with Gasteiger partial charge in [-0.2, -0.15) is 0 Å². The molecule has 1 N–H and O–H groups in total. The fourth-order valence-corrected chi connectivity index (χ4v) is 1.69. The summed E-state index contributed by atoms with van der Waals surface area (Å²) >= 11 is 0. The maximum Gasteiger partial charge on any atom is 0.338 e. The highest BCUT2D eigenvalue weighted by Gasteiger charge is 2.21. The molecule has 1 heterocycles. The molecule has 0 aliphatic heterocycles. The van der Waals surface area contributed by atoms with Gasteiger partial charge in [0.05, 0.1) is 0 Å². The van der Waals surface area contributed by atoms with Gasteiger partial charge in [0, 0.05) is 18.8 Å². The van der Waals surface area contributed by atoms with Crippen LogP contribution in [0.1, 0.15) is 37.6 Å². The van der Waals surface area contributed by atoms with Crippen molar-refractivity contribution in [2.24, 2.45) is 0 Å². The first-order chi connectivity index (χ1) is 8.02. The van der Waals surface area contributed by atoms with Crippen molar-refractivity contribution in [2.45, 2.75) is 33.2 Å². The Morgan fingerprint density at radius 3 is 2.71 bits per heavy atom. The number of aromatic carboxylic acids is 1. The third-order valence-electron chi connectivity index (χ3n) is 2.84. The Morgan fingerprint density at radius 1 is 1.59 bits per heavy atom. The summed E-state index contributed by atoms with van der Waals surface area (Å²) in [5.74, 6) is -1.92. The van der Waals surface area contributed by atoms with Gasteiger partial charge in [-0.05, 0) is 26.3 Å². The highest BCUT2D eigenvalue weighted by atomic mass is 19.1. The molecule has 0 saturated carbocycles. The molecule has 4 nitrogen and oxygen atoms in total. The molecule has 1 aromatic heterocycles. The number of halogens is 1. The number of carboxylic acids is 1. The molecule has 0 radical (unpaired) electrons. The molecule has 0 aliphatic carbocycles. The van der Waals surface area contributed by atoms with E-state index in [0.29, 0.717) is 6.54 Å². The van der Waals surface area contributed by atoms with Crippen LogP contribution in [0.3, 0.4) is 0 Å². The van der Waals surface area contributed by atoms with E-state index < -0.39 is 11.8 Å². The number of anilines is 1. The lowest BCUT2D eigenvalue weighted by molar-refractivity contribution is 0.0691. The molecule has 94 valence electrons. The zero-order chi connectivity index (χ0) is 13.0. The van der Waals surface area contributed by atoms with Gasteiger partial charge in [-0.25, -0.2) is 14.2 Å². The molecule has 0 spiro atoms. The summed E-state index contributed by atoms with van der Waals surface area (Å²) in [6.07, 6.45) is 2.17. The first-order valence-corrected chi connectivity index (χ1v) is 5.67. The summed E-state index contributed by atoms with van der Waals surface area (Å²) in [5, 5.41) is 8.85. The van der Waals surface area contributed by atoms with Crippen LogP contribution in [0.5, 0.6) is 0 Å². The van der Waals surface area contributed by atoms with Crippen LogP contribution < -0.4 is 4.90 Å². The van der Waals surface area contributed by atoms with Crippen molar-refractivity contribution >= 4 is 11.8 Å². The molecule has 1 unspecified atom stereocenters. The molecule has 1 rings (SSSR count). The van der Waals surface area contributed by atoms with Crippen molar-refractivity contribution in [1.29, 1.82) is 0 Å². The third-order valence-corrected chi connectivity index (χ3v) is 2.84. The molecular weight excluding hydrogens is 223 g/mol. The highest BCUT2D eigenvalue weighted by Crippen LogP contribution is 2.22. The number of hydrogen-bond donors (Lipinski definition) is 1. The number of carbonyl (C=O) groups is 1. The molecule has 5 heteroatoms. The second-order valence-electron chi connectivity index (χ2n) is 3.84. The second-order valence-corrected chi connectivity index (χ2v) is 3.84. The van der Waals surface area contributed by atoms with Crippen LogP contribution >= 0.6 is 0 Å². The van der Waals surface area contributed by atoms with Gasteiger partial charge in [-0.15, -0.1) is 0 Å². The first-order valence-electron chi connectivity index (χ1n) is 5.67. The highest BCUT2D eigenvalue weighted by molar-refractivity contribution is 5.88. The summed E-state index contributed by atoms with van der Waals surface area (Å²) in [7, 11) is 0. The van der Waals surface area contributed by atoms with E-state index in [1.54, 1.807) is 4.90 Å². The van der Waals surface area contributed by atoms with E-state index in [1.165, 1.54) is 12.3 Å². The smallest absolute Gasteiger partial charge is 0.338 e. The van der Waals surface area contributed by atoms with Crippen molar-refractivity contribution < 1.29 is 14.3 Å². The van der Waals surface area contributed by atoms with Gasteiger partial charge in [0.1, 0.15) is 5.56 Å². The maximum atomic E-state index is 14.0. The predicted molar refractivity (Wildman–Crippen MR) is 63.9 cm³/mol. The Bertz CT molecular complexity index is 409. The summed E-state index contributed by atoms with van der Waals surface area (Å²) < 4.78 is 14.0. The van der Waals surface area contributed by atoms with Gasteiger partial charge >= 0.3 is 5.97 Å². The Morgan fingerprint density at radius 2 is 2.24 bits per heavy atom. The molecule has 0 saturated heterocycles. The lowest BCUT2D eigenvalue weighted by Crippen LogP contribution is -2.34. The Balaban J connectivity index is 3.21. The van der Waals surface area contributed by atoms with E-state index in [-0.39, 0.29) is 17.4 Å². The Kier molecular flexibility index (Phi) is 4.43. The van der Waals surface area contributed by atoms with Gasteiger partial charge in [-0.3, -0.25) is 0 Å². The number of carboxylic acid groups (broad SMARTS) is 1. The third kappa shape index (κ3) is 2.72. The zero-order valence-corrected chi connectivity index (χ0v) is 10.3. The molecule has 1 aromatic rings. The topological polar surface area (TPSA) is 53.4 Å². The summed E-state index contributed by atoms with van der Waals surface area (Å²) in [6, 6.07) is 1.29. The normalized spacial score (nSPS) is 12.2. The lowest BCUT2D eigenvalue weighted by atomic mass is 10.2. The van der Waals surface area contributed by atoms with E-state index in [1.807, 2.05) is 20.8 Å². The lowest BCUT2D eigenvalue weighted by Gasteiger charge is -2.28. The largest absolute Gasteiger partial charge is 0.478 e. The molecule has 0 fully saturated rings. The van der Waals surface area contributed by atoms with E-state index >= 15 is 0 Å². The van der Waals surface area contributed by atoms with Crippen molar-refractivity contribution in [3.63, 3.8) is 0 Å². The fourth-order valence-electron chi connectivity index (χ4n) is 1.69. The molecule has 0 aromatic carbocycles. The Hall–Kier alpha value is -1.65. The second kappa shape index (κ2) is 5.61. The van der Waals surface area contributed by atoms with E-state index in [0.717, 1.165) is 6.42 Å². The quantitative estimate of drug-likeness (QED) is 0.859. The minimum absolute atomic E-state index is 0.113. The van der Waals surface area contributed by atoms with Crippen LogP contribution in [0.2, 0.25) is 0 Å². The average molecular weight is 240 g/mol. The SMILES string of the molecule is CCC(C)N(CC)c1nccc(C(=O)O)c1F. The zero-order valence-electron chi connectivity index (χ0n) is 10.3. The number of rotatable bonds is 5. The molecule has 0 bridgehead atoms. The van der Waals surface area contributed by atoms with Gasteiger partial charge in [0.2, 0.25) is 0 Å². The van der Waals surface area contributed by atoms with Crippen LogP contribution in [-0.2, 0) is 0 Å². The molecule has 0 aliphatic rings. The van der Waals surface area contributed by atoms with Crippen LogP contribution in [0, 0.1) is 5.82 Å². The average Bonchev–Trinajstić information content (AvgIpc) is 2.31. The van der Waals surface area contributed by atoms with Crippen molar-refractivity contribution in [3.8, 4) is 0 Å². The monoisotopic (exact) mass is 240 g/mol. The number of nitrogens with zero attached hydrogens (tertiary/aromatic N) is 2. The minimum atomic E-state index is -1.27. The van der Waals surface area contributed by atoms with E-state index in [2.05, 4.69) is 4.98 Å². The van der Waals surface area contributed by atoms with Gasteiger partial charge < -0.3 is 10.0 Å². The van der Waals surface area contributed by atoms with E-state index in [9.17, 15) is 9.18 Å². The van der Waals surface area contributed by atoms with Crippen LogP contribution in [0.15, 0.2) is 12.3 Å². The van der Waals surface area contributed by atoms with Crippen molar-refractivity contribution in [1.82, 2.24) is 4.98 Å². The summed E-state index contributed by atoms with van der Waals surface area (Å²) in [5.41, 5.74) is -0.336. The summed E-state index contributed by atoms with van der Waals surface area (Å²) in [6.45, 7) is 6.42. The van der Waals surface area contributed by atoms with Crippen LogP contribution in [0.25, 0.3) is 0 Å². The number of aromatic nitrogens is 1. The molecule has 17 heavy (non-hydrogen) atoms. The number of pyridine rings is 1. The van der Waals surface area contributed by atoms with E-state index in [4.69, 9.17) is 5.11 Å². The maximum absolute atomic E-state index is 14.0. The number of hydrogen-bond acceptors (Lipinski definition) is 3. The van der Waals surface area contributed by atoms with Crippen LogP contribution in [-0.4, -0.2) is 28.6 Å². The van der Waals surface area contributed by atoms with Gasteiger partial charge in [0.15, 0.2) is 11.6 Å². The molecular formula is C12H17FN2O2. The van der Waals surface area contributed by atoms with Gasteiger partial charge in [-0.1, -0.05) is 6.92 Å². The van der Waals surface area contributed by atoms with Crippen LogP contribution in [0.4, 0.5) is 10.2 Å². The first kappa shape index (κ1) is 13.4. The molecule has 1 atom stereocenters. The summed E-state index contributed by atoms with van der Waals surface area (Å²) in [4.78, 5) is 16.6. The standard InChI is InChI=1S/C12H17FN2O2/c1-4-8(3)15(5-2)11-10(13)9(12(16)17)6-7-14-11/h6-8H,4-5H2,1-3H3,(H,16,17). The van der Waals surface area contributed by atoms with Crippen molar-refractivity contribution in [3.05, 3.63) is 23.6 Å². The minimum Gasteiger partial charge on any atom is -0.478 e. The fraction of sp³-hybridized carbons (Fsp3) is 0.500. The molecule has 0 amide bonds.